The van der Waals surface area contributed by atoms with Crippen LogP contribution in [0.3, 0.4) is 0 Å². The number of allylic oxidation sites excluding steroid dienone is 4. The van der Waals surface area contributed by atoms with Gasteiger partial charge in [0.05, 0.1) is 25.4 Å². The van der Waals surface area contributed by atoms with Crippen LogP contribution in [0.25, 0.3) is 0 Å². The number of unbranched alkanes of at least 4 members (excludes halogenated alkanes) is 26. The Kier molecular flexibility index (Phi) is 37.9. The fourth-order valence-electron chi connectivity index (χ4n) is 8.05. The number of ether oxygens (including phenoxy) is 2. The Morgan fingerprint density at radius 2 is 0.984 bits per heavy atom. The molecule has 0 saturated carbocycles. The number of amides is 1. The van der Waals surface area contributed by atoms with Crippen molar-refractivity contribution in [3.05, 3.63) is 24.3 Å². The van der Waals surface area contributed by atoms with E-state index in [1.165, 1.54) is 135 Å². The normalized spacial score (nSPS) is 21.6. The lowest BCUT2D eigenvalue weighted by Crippen LogP contribution is -2.60. The second kappa shape index (κ2) is 40.1. The first-order valence-corrected chi connectivity index (χ1v) is 25.2. The summed E-state index contributed by atoms with van der Waals surface area (Å²) in [4.78, 5) is 13.1. The van der Waals surface area contributed by atoms with Crippen LogP contribution in [0.2, 0.25) is 0 Å². The molecular weight excluding hydrogens is 775 g/mol. The van der Waals surface area contributed by atoms with Crippen LogP contribution >= 0.6 is 0 Å². The minimum absolute atomic E-state index is 0.248. The van der Waals surface area contributed by atoms with E-state index in [-0.39, 0.29) is 12.8 Å². The highest BCUT2D eigenvalue weighted by molar-refractivity contribution is 5.80. The molecule has 0 aromatic rings. The summed E-state index contributed by atoms with van der Waals surface area (Å²) >= 11 is 0. The Morgan fingerprint density at radius 3 is 1.46 bits per heavy atom. The lowest BCUT2D eigenvalue weighted by molar-refractivity contribution is -0.303. The first-order chi connectivity index (χ1) is 29.7. The number of aliphatic hydroxyl groups excluding tert-OH is 7. The van der Waals surface area contributed by atoms with E-state index in [1.807, 2.05) is 0 Å². The Morgan fingerprint density at radius 1 is 0.557 bits per heavy atom. The predicted octanol–water partition coefficient (Wildman–Crippen LogP) is 9.01. The summed E-state index contributed by atoms with van der Waals surface area (Å²) in [7, 11) is 0. The molecule has 1 rings (SSSR count). The van der Waals surface area contributed by atoms with Crippen molar-refractivity contribution in [1.82, 2.24) is 5.32 Å². The van der Waals surface area contributed by atoms with Gasteiger partial charge < -0.3 is 50.5 Å². The first-order valence-electron chi connectivity index (χ1n) is 25.2. The second-order valence-electron chi connectivity index (χ2n) is 17.9. The average molecular weight is 870 g/mol. The van der Waals surface area contributed by atoms with Crippen molar-refractivity contribution in [2.75, 3.05) is 13.2 Å². The standard InChI is InChI=1S/C50H95NO10/c1-3-5-7-9-11-13-15-17-18-19-20-21-22-23-24-25-26-28-29-31-33-35-37-42(53)45(55)41(40-60-50-48(58)47(57)46(56)44(39-52)61-50)51-49(59)43(54)38-36-34-32-30-27-16-14-12-10-8-6-4-2/h24-25,29,31,41-48,50,52-58H,3-23,26-28,30,32-40H2,1-2H3,(H,51,59)/b25-24+,31-29+. The van der Waals surface area contributed by atoms with Gasteiger partial charge in [-0.05, 0) is 51.4 Å². The molecule has 0 bridgehead atoms. The van der Waals surface area contributed by atoms with Crippen LogP contribution in [0, 0.1) is 0 Å². The van der Waals surface area contributed by atoms with Gasteiger partial charge in [-0.25, -0.2) is 0 Å². The van der Waals surface area contributed by atoms with Gasteiger partial charge in [0.2, 0.25) is 5.91 Å². The maximum atomic E-state index is 13.1. The fourth-order valence-corrected chi connectivity index (χ4v) is 8.05. The average Bonchev–Trinajstić information content (AvgIpc) is 3.26. The summed E-state index contributed by atoms with van der Waals surface area (Å²) in [6.07, 6.45) is 33.8. The van der Waals surface area contributed by atoms with Crippen LogP contribution in [-0.2, 0) is 14.3 Å². The Labute approximate surface area is 372 Å². The number of rotatable bonds is 42. The van der Waals surface area contributed by atoms with Crippen molar-refractivity contribution in [3.63, 3.8) is 0 Å². The minimum atomic E-state index is -1.67. The van der Waals surface area contributed by atoms with E-state index >= 15 is 0 Å². The molecule has 8 N–H and O–H groups in total. The third kappa shape index (κ3) is 29.6. The van der Waals surface area contributed by atoms with Gasteiger partial charge in [-0.1, -0.05) is 192 Å². The van der Waals surface area contributed by atoms with E-state index in [9.17, 15) is 40.5 Å². The lowest BCUT2D eigenvalue weighted by Gasteiger charge is -2.40. The monoisotopic (exact) mass is 870 g/mol. The maximum absolute atomic E-state index is 13.1. The van der Waals surface area contributed by atoms with Crippen molar-refractivity contribution in [3.8, 4) is 0 Å². The Bertz CT molecular complexity index is 1040. The number of carbonyl (C=O) groups is 1. The van der Waals surface area contributed by atoms with Crippen LogP contribution in [-0.4, -0.2) is 110 Å². The van der Waals surface area contributed by atoms with E-state index < -0.39 is 74.2 Å². The van der Waals surface area contributed by atoms with E-state index in [2.05, 4.69) is 43.5 Å². The molecular formula is C50H95NO10. The van der Waals surface area contributed by atoms with Gasteiger partial charge in [-0.15, -0.1) is 0 Å². The summed E-state index contributed by atoms with van der Waals surface area (Å²) < 4.78 is 11.1. The second-order valence-corrected chi connectivity index (χ2v) is 17.9. The number of nitrogens with one attached hydrogen (secondary N) is 1. The largest absolute Gasteiger partial charge is 0.394 e. The zero-order valence-corrected chi connectivity index (χ0v) is 38.9. The highest BCUT2D eigenvalue weighted by Crippen LogP contribution is 2.23. The van der Waals surface area contributed by atoms with Crippen molar-refractivity contribution in [2.45, 2.75) is 274 Å². The molecule has 1 fully saturated rings. The van der Waals surface area contributed by atoms with Crippen LogP contribution in [0.15, 0.2) is 24.3 Å². The molecule has 360 valence electrons. The summed E-state index contributed by atoms with van der Waals surface area (Å²) in [6.45, 7) is 3.42. The molecule has 11 heteroatoms. The van der Waals surface area contributed by atoms with Crippen molar-refractivity contribution in [1.29, 1.82) is 0 Å². The topological polar surface area (TPSA) is 189 Å². The third-order valence-electron chi connectivity index (χ3n) is 12.2. The van der Waals surface area contributed by atoms with Gasteiger partial charge in [0.1, 0.15) is 36.6 Å². The Hall–Kier alpha value is -1.41. The van der Waals surface area contributed by atoms with Crippen LogP contribution < -0.4 is 5.32 Å². The Balaban J connectivity index is 2.41. The first kappa shape index (κ1) is 57.6. The third-order valence-corrected chi connectivity index (χ3v) is 12.2. The van der Waals surface area contributed by atoms with Gasteiger partial charge in [0.25, 0.3) is 0 Å². The van der Waals surface area contributed by atoms with Crippen molar-refractivity contribution in [2.24, 2.45) is 0 Å². The highest BCUT2D eigenvalue weighted by Gasteiger charge is 2.44. The fraction of sp³-hybridized carbons (Fsp3) is 0.900. The molecule has 9 unspecified atom stereocenters. The zero-order valence-electron chi connectivity index (χ0n) is 38.9. The van der Waals surface area contributed by atoms with E-state index in [4.69, 9.17) is 9.47 Å². The molecule has 0 aromatic heterocycles. The quantitative estimate of drug-likeness (QED) is 0.0217. The molecule has 61 heavy (non-hydrogen) atoms. The highest BCUT2D eigenvalue weighted by atomic mass is 16.7. The molecule has 1 saturated heterocycles. The predicted molar refractivity (Wildman–Crippen MR) is 247 cm³/mol. The van der Waals surface area contributed by atoms with Crippen molar-refractivity contribution < 1.29 is 50.0 Å². The molecule has 0 aromatic carbocycles. The van der Waals surface area contributed by atoms with E-state index in [0.29, 0.717) is 19.3 Å². The van der Waals surface area contributed by atoms with Gasteiger partial charge >= 0.3 is 0 Å². The molecule has 1 aliphatic rings. The summed E-state index contributed by atoms with van der Waals surface area (Å²) in [5.41, 5.74) is 0. The van der Waals surface area contributed by atoms with Crippen LogP contribution in [0.1, 0.15) is 219 Å². The number of hydrogen-bond acceptors (Lipinski definition) is 10. The minimum Gasteiger partial charge on any atom is -0.394 e. The maximum Gasteiger partial charge on any atom is 0.249 e. The van der Waals surface area contributed by atoms with Crippen molar-refractivity contribution >= 4 is 5.91 Å². The lowest BCUT2D eigenvalue weighted by atomic mass is 9.98. The summed E-state index contributed by atoms with van der Waals surface area (Å²) in [5, 5.41) is 75.7. The zero-order chi connectivity index (χ0) is 44.8. The molecule has 1 heterocycles. The number of carbonyl (C=O) groups excluding carboxylic acids is 1. The summed E-state index contributed by atoms with van der Waals surface area (Å²) in [5.74, 6) is -0.710. The van der Waals surface area contributed by atoms with Crippen LogP contribution in [0.5, 0.6) is 0 Å². The van der Waals surface area contributed by atoms with E-state index in [1.54, 1.807) is 0 Å². The van der Waals surface area contributed by atoms with Crippen LogP contribution in [0.4, 0.5) is 0 Å². The summed E-state index contributed by atoms with van der Waals surface area (Å²) in [6, 6.07) is -1.19. The number of hydrogen-bond donors (Lipinski definition) is 8. The van der Waals surface area contributed by atoms with Gasteiger partial charge in [-0.3, -0.25) is 4.79 Å². The molecule has 0 spiro atoms. The SMILES string of the molecule is CCCCCCCCCCCCCCC/C=C/CC/C=C/CCCC(O)C(O)C(COC1OC(CO)C(O)C(O)C1O)NC(=O)C(O)CCCCCCCCCCCCCC. The van der Waals surface area contributed by atoms with E-state index in [0.717, 1.165) is 38.5 Å². The molecule has 0 aliphatic carbocycles. The molecule has 0 radical (unpaired) electrons. The molecule has 1 amide bonds. The van der Waals surface area contributed by atoms with Gasteiger partial charge in [0, 0.05) is 0 Å². The van der Waals surface area contributed by atoms with Gasteiger partial charge in [0.15, 0.2) is 6.29 Å². The van der Waals surface area contributed by atoms with Gasteiger partial charge in [-0.2, -0.15) is 0 Å². The smallest absolute Gasteiger partial charge is 0.249 e. The molecule has 11 nitrogen and oxygen atoms in total. The number of aliphatic hydroxyl groups is 7. The molecule has 9 atom stereocenters. The molecule has 1 aliphatic heterocycles.